The summed E-state index contributed by atoms with van der Waals surface area (Å²) in [5.74, 6) is -1.48. The van der Waals surface area contributed by atoms with Gasteiger partial charge >= 0.3 is 0 Å². The van der Waals surface area contributed by atoms with Crippen LogP contribution >= 0.6 is 12.2 Å². The summed E-state index contributed by atoms with van der Waals surface area (Å²) in [4.78, 5) is 29.1. The van der Waals surface area contributed by atoms with Crippen LogP contribution in [-0.2, 0) is 9.59 Å². The largest absolute Gasteiger partial charge is 0.496 e. The Morgan fingerprint density at radius 3 is 2.52 bits per heavy atom. The molecule has 0 radical (unpaired) electrons. The number of nitrogens with zero attached hydrogens (tertiary/aromatic N) is 2. The number of carbonyl (C=O) groups is 2. The van der Waals surface area contributed by atoms with E-state index >= 15 is 0 Å². The van der Waals surface area contributed by atoms with Crippen LogP contribution in [0.25, 0.3) is 11.6 Å². The monoisotopic (exact) mass is 465 g/mol. The van der Waals surface area contributed by atoms with Gasteiger partial charge in [-0.2, -0.15) is 0 Å². The van der Waals surface area contributed by atoms with Gasteiger partial charge in [-0.1, -0.05) is 18.2 Å². The van der Waals surface area contributed by atoms with Gasteiger partial charge in [0, 0.05) is 29.9 Å². The Hall–Kier alpha value is -3.52. The van der Waals surface area contributed by atoms with Gasteiger partial charge in [0.25, 0.3) is 11.8 Å². The maximum absolute atomic E-state index is 14.4. The molecule has 2 aromatic rings. The average molecular weight is 466 g/mol. The molecule has 33 heavy (non-hydrogen) atoms. The first-order chi connectivity index (χ1) is 15.5. The predicted molar refractivity (Wildman–Crippen MR) is 132 cm³/mol. The lowest BCUT2D eigenvalue weighted by molar-refractivity contribution is -0.122. The highest BCUT2D eigenvalue weighted by Crippen LogP contribution is 2.42. The van der Waals surface area contributed by atoms with Gasteiger partial charge < -0.3 is 9.64 Å². The third-order valence-electron chi connectivity index (χ3n) is 6.06. The molecule has 4 rings (SSSR count). The van der Waals surface area contributed by atoms with Crippen molar-refractivity contribution in [1.29, 1.82) is 0 Å². The highest BCUT2D eigenvalue weighted by atomic mass is 32.1. The van der Waals surface area contributed by atoms with Crippen molar-refractivity contribution >= 4 is 52.2 Å². The molecule has 0 bridgehead atoms. The van der Waals surface area contributed by atoms with Crippen molar-refractivity contribution in [3.05, 3.63) is 65.0 Å². The number of thiocarbonyl (C=S) groups is 1. The molecule has 1 saturated heterocycles. The number of nitrogens with one attached hydrogen (secondary N) is 1. The number of likely N-dealkylation sites (N-methyl/N-ethyl adjacent to an activating group) is 1. The second kappa shape index (κ2) is 8.12. The molecule has 8 heteroatoms. The van der Waals surface area contributed by atoms with Crippen LogP contribution in [0.1, 0.15) is 31.9 Å². The number of hydrogen-bond donors (Lipinski definition) is 1. The molecule has 170 valence electrons. The van der Waals surface area contributed by atoms with Crippen molar-refractivity contribution in [3.63, 3.8) is 0 Å². The SMILES string of the molecule is COc1cc2c(cc1/C=C1/C(=O)NC(=S)N(c3ccccc3F)C1=O)C(C)=CC(C)(C)N2C. The molecular formula is C25H24FN3O3S. The molecule has 2 amide bonds. The van der Waals surface area contributed by atoms with Crippen molar-refractivity contribution < 1.29 is 18.7 Å². The molecule has 0 saturated carbocycles. The van der Waals surface area contributed by atoms with Gasteiger partial charge in [-0.3, -0.25) is 14.9 Å². The second-order valence-electron chi connectivity index (χ2n) is 8.56. The van der Waals surface area contributed by atoms with E-state index in [9.17, 15) is 14.0 Å². The third-order valence-corrected chi connectivity index (χ3v) is 6.35. The lowest BCUT2D eigenvalue weighted by Crippen LogP contribution is -2.54. The molecule has 2 aromatic carbocycles. The number of ether oxygens (including phenoxy) is 1. The molecule has 1 N–H and O–H groups in total. The highest BCUT2D eigenvalue weighted by Gasteiger charge is 2.36. The maximum atomic E-state index is 14.4. The standard InChI is InChI=1S/C25H24FN3O3S/c1-14-13-25(2,3)28(4)20-12-21(32-5)15(10-16(14)20)11-17-22(30)27-24(33)29(23(17)31)19-9-7-6-8-18(19)26/h6-13H,1-5H3,(H,27,30,33)/b17-11-. The number of hydrogen-bond acceptors (Lipinski definition) is 5. The number of para-hydroxylation sites is 1. The van der Waals surface area contributed by atoms with Crippen LogP contribution < -0.4 is 19.9 Å². The maximum Gasteiger partial charge on any atom is 0.270 e. The van der Waals surface area contributed by atoms with Crippen molar-refractivity contribution in [2.45, 2.75) is 26.3 Å². The fourth-order valence-corrected chi connectivity index (χ4v) is 4.42. The Labute approximate surface area is 197 Å². The van der Waals surface area contributed by atoms with Gasteiger partial charge in [-0.05, 0) is 62.8 Å². The van der Waals surface area contributed by atoms with Gasteiger partial charge in [0.1, 0.15) is 17.1 Å². The smallest absolute Gasteiger partial charge is 0.270 e. The molecule has 0 aliphatic carbocycles. The van der Waals surface area contributed by atoms with Crippen LogP contribution in [0.4, 0.5) is 15.8 Å². The number of fused-ring (bicyclic) bond motifs is 1. The minimum Gasteiger partial charge on any atom is -0.496 e. The van der Waals surface area contributed by atoms with Gasteiger partial charge in [-0.15, -0.1) is 0 Å². The van der Waals surface area contributed by atoms with Crippen molar-refractivity contribution in [2.24, 2.45) is 0 Å². The number of anilines is 2. The number of benzene rings is 2. The van der Waals surface area contributed by atoms with E-state index in [-0.39, 0.29) is 21.9 Å². The number of methoxy groups -OCH3 is 1. The fourth-order valence-electron chi connectivity index (χ4n) is 4.15. The number of amides is 2. The van der Waals surface area contributed by atoms with E-state index in [2.05, 4.69) is 30.1 Å². The van der Waals surface area contributed by atoms with Gasteiger partial charge in [0.05, 0.1) is 18.3 Å². The van der Waals surface area contributed by atoms with Gasteiger partial charge in [0.15, 0.2) is 5.11 Å². The molecule has 2 aliphatic rings. The van der Waals surface area contributed by atoms with E-state index < -0.39 is 17.6 Å². The average Bonchev–Trinajstić information content (AvgIpc) is 2.75. The van der Waals surface area contributed by atoms with Gasteiger partial charge in [-0.25, -0.2) is 9.29 Å². The van der Waals surface area contributed by atoms with E-state index in [1.165, 1.54) is 31.4 Å². The fraction of sp³-hybridized carbons (Fsp3) is 0.240. The van der Waals surface area contributed by atoms with Crippen LogP contribution in [0.5, 0.6) is 5.75 Å². The van der Waals surface area contributed by atoms with Crippen LogP contribution in [0.15, 0.2) is 48.0 Å². The highest BCUT2D eigenvalue weighted by molar-refractivity contribution is 7.80. The first-order valence-corrected chi connectivity index (χ1v) is 10.8. The molecule has 2 heterocycles. The van der Waals surface area contributed by atoms with Crippen LogP contribution in [-0.4, -0.2) is 36.6 Å². The number of halogens is 1. The summed E-state index contributed by atoms with van der Waals surface area (Å²) in [5.41, 5.74) is 3.19. The Kier molecular flexibility index (Phi) is 5.57. The summed E-state index contributed by atoms with van der Waals surface area (Å²) < 4.78 is 20.0. The zero-order valence-corrected chi connectivity index (χ0v) is 19.8. The number of carbonyl (C=O) groups excluding carboxylic acids is 2. The summed E-state index contributed by atoms with van der Waals surface area (Å²) in [7, 11) is 3.54. The topological polar surface area (TPSA) is 61.9 Å². The minimum atomic E-state index is -0.709. The normalized spacial score (nSPS) is 18.8. The lowest BCUT2D eigenvalue weighted by atomic mass is 9.88. The van der Waals surface area contributed by atoms with E-state index in [4.69, 9.17) is 17.0 Å². The Balaban J connectivity index is 1.84. The minimum absolute atomic E-state index is 0.0292. The lowest BCUT2D eigenvalue weighted by Gasteiger charge is -2.41. The van der Waals surface area contributed by atoms with E-state index in [0.29, 0.717) is 11.3 Å². The summed E-state index contributed by atoms with van der Waals surface area (Å²) >= 11 is 5.16. The zero-order chi connectivity index (χ0) is 24.1. The first-order valence-electron chi connectivity index (χ1n) is 10.4. The molecule has 2 aliphatic heterocycles. The Morgan fingerprint density at radius 1 is 1.15 bits per heavy atom. The van der Waals surface area contributed by atoms with E-state index in [1.807, 2.05) is 26.1 Å². The van der Waals surface area contributed by atoms with Crippen LogP contribution in [0.2, 0.25) is 0 Å². The molecule has 6 nitrogen and oxygen atoms in total. The Bertz CT molecular complexity index is 1270. The number of allylic oxidation sites excluding steroid dienone is 1. The Morgan fingerprint density at radius 2 is 1.85 bits per heavy atom. The summed E-state index contributed by atoms with van der Waals surface area (Å²) in [6, 6.07) is 9.54. The van der Waals surface area contributed by atoms with Crippen molar-refractivity contribution in [2.75, 3.05) is 24.0 Å². The van der Waals surface area contributed by atoms with Gasteiger partial charge in [0.2, 0.25) is 0 Å². The molecule has 0 atom stereocenters. The predicted octanol–water partition coefficient (Wildman–Crippen LogP) is 4.30. The zero-order valence-electron chi connectivity index (χ0n) is 19.0. The number of rotatable bonds is 3. The van der Waals surface area contributed by atoms with Crippen LogP contribution in [0, 0.1) is 5.82 Å². The molecule has 0 aromatic heterocycles. The molecule has 0 unspecified atom stereocenters. The van der Waals surface area contributed by atoms with Crippen LogP contribution in [0.3, 0.4) is 0 Å². The van der Waals surface area contributed by atoms with Crippen molar-refractivity contribution in [1.82, 2.24) is 5.32 Å². The summed E-state index contributed by atoms with van der Waals surface area (Å²) in [6.07, 6.45) is 3.62. The van der Waals surface area contributed by atoms with E-state index in [0.717, 1.165) is 21.7 Å². The van der Waals surface area contributed by atoms with Crippen molar-refractivity contribution in [3.8, 4) is 5.75 Å². The second-order valence-corrected chi connectivity index (χ2v) is 8.95. The molecular weight excluding hydrogens is 441 g/mol. The first kappa shape index (κ1) is 22.7. The summed E-state index contributed by atoms with van der Waals surface area (Å²) in [5, 5.41) is 2.31. The quantitative estimate of drug-likeness (QED) is 0.416. The third kappa shape index (κ3) is 3.80. The molecule has 0 spiro atoms. The summed E-state index contributed by atoms with van der Waals surface area (Å²) in [6.45, 7) is 6.26. The molecule has 1 fully saturated rings. The van der Waals surface area contributed by atoms with E-state index in [1.54, 1.807) is 6.07 Å².